The Morgan fingerprint density at radius 1 is 1.13 bits per heavy atom. The van der Waals surface area contributed by atoms with Crippen LogP contribution in [0.4, 0.5) is 0 Å². The molecule has 1 saturated carbocycles. The van der Waals surface area contributed by atoms with E-state index in [0.29, 0.717) is 17.8 Å². The molecule has 1 aromatic heterocycles. The number of nitrogens with one attached hydrogen (secondary N) is 2. The fraction of sp³-hybridized carbons (Fsp3) is 0.636. The second-order valence-electron chi connectivity index (χ2n) is 12.8. The summed E-state index contributed by atoms with van der Waals surface area (Å²) in [6.45, 7) is 9.34. The van der Waals surface area contributed by atoms with Gasteiger partial charge in [0.15, 0.2) is 6.10 Å². The number of nitrogens with zero attached hydrogens (tertiary/aromatic N) is 3. The predicted octanol–water partition coefficient (Wildman–Crippen LogP) is 3.12. The summed E-state index contributed by atoms with van der Waals surface area (Å²) in [6, 6.07) is -1.29. The van der Waals surface area contributed by atoms with E-state index in [1.54, 1.807) is 36.3 Å². The van der Waals surface area contributed by atoms with Crippen LogP contribution in [0.2, 0.25) is 0 Å². The number of esters is 2. The quantitative estimate of drug-likeness (QED) is 0.271. The first-order valence-corrected chi connectivity index (χ1v) is 16.7. The zero-order chi connectivity index (χ0) is 34.3. The molecular formula is C33H49N5O7S. The van der Waals surface area contributed by atoms with Crippen LogP contribution in [0, 0.1) is 23.7 Å². The minimum Gasteiger partial charge on any atom is -0.469 e. The number of thiazole rings is 1. The first kappa shape index (κ1) is 36.9. The van der Waals surface area contributed by atoms with Crippen molar-refractivity contribution in [2.75, 3.05) is 34.8 Å². The number of amides is 3. The standard InChI is InChI=1S/C33H49N5O7S/c1-10-19(4)29(36-28(40)16-37(6)7)32(42)38(8)26(18(2)3)15-27(45-20(5)39)31-35-25(17-46-31)30(41)34-24-14-23-21(24)12-11-13-22(23)33(43)44-9/h11-13,17-19,22-24,26-27,29H,10,14-16H2,1-9H3,(H,34,41)(H,36,40)/t19-,22?,23?,24?,26+,27+,29-/m0/s1. The normalized spacial score (nSPS) is 21.2. The summed E-state index contributed by atoms with van der Waals surface area (Å²) >= 11 is 1.21. The van der Waals surface area contributed by atoms with E-state index in [4.69, 9.17) is 9.47 Å². The molecule has 2 N–H and O–H groups in total. The van der Waals surface area contributed by atoms with Crippen LogP contribution in [0.15, 0.2) is 29.2 Å². The number of ether oxygens (including phenoxy) is 2. The second-order valence-corrected chi connectivity index (χ2v) is 13.7. The van der Waals surface area contributed by atoms with Crippen molar-refractivity contribution in [2.45, 2.75) is 78.1 Å². The topological polar surface area (TPSA) is 147 Å². The average Bonchev–Trinajstić information content (AvgIpc) is 3.49. The highest BCUT2D eigenvalue weighted by molar-refractivity contribution is 7.09. The highest BCUT2D eigenvalue weighted by atomic mass is 32.1. The minimum atomic E-state index is -0.794. The molecule has 0 aliphatic heterocycles. The van der Waals surface area contributed by atoms with Gasteiger partial charge >= 0.3 is 11.9 Å². The number of rotatable bonds is 15. The van der Waals surface area contributed by atoms with Gasteiger partial charge in [-0.05, 0) is 37.9 Å². The third-order valence-corrected chi connectivity index (χ3v) is 9.74. The van der Waals surface area contributed by atoms with Gasteiger partial charge in [0.2, 0.25) is 11.8 Å². The molecule has 3 rings (SSSR count). The van der Waals surface area contributed by atoms with E-state index in [-0.39, 0.29) is 78.1 Å². The largest absolute Gasteiger partial charge is 0.469 e. The Bertz CT molecular complexity index is 1340. The Hall–Kier alpha value is -3.58. The fourth-order valence-corrected chi connectivity index (χ4v) is 6.84. The molecule has 0 spiro atoms. The lowest BCUT2D eigenvalue weighted by molar-refractivity contribution is -0.149. The molecule has 3 amide bonds. The average molecular weight is 660 g/mol. The van der Waals surface area contributed by atoms with Crippen molar-refractivity contribution >= 4 is 41.0 Å². The molecule has 13 heteroatoms. The van der Waals surface area contributed by atoms with E-state index < -0.39 is 18.1 Å². The van der Waals surface area contributed by atoms with E-state index in [2.05, 4.69) is 15.6 Å². The van der Waals surface area contributed by atoms with Crippen molar-refractivity contribution in [1.29, 1.82) is 0 Å². The van der Waals surface area contributed by atoms with E-state index in [1.165, 1.54) is 25.4 Å². The van der Waals surface area contributed by atoms with Gasteiger partial charge in [0.05, 0.1) is 25.6 Å². The molecule has 1 fully saturated rings. The smallest absolute Gasteiger partial charge is 0.313 e. The van der Waals surface area contributed by atoms with Crippen LogP contribution in [0.1, 0.15) is 75.5 Å². The van der Waals surface area contributed by atoms with Gasteiger partial charge < -0.3 is 29.9 Å². The molecule has 0 aromatic carbocycles. The second kappa shape index (κ2) is 16.3. The monoisotopic (exact) mass is 659 g/mol. The summed E-state index contributed by atoms with van der Waals surface area (Å²) in [5.41, 5.74) is 1.17. The maximum atomic E-state index is 13.8. The Morgan fingerprint density at radius 2 is 1.83 bits per heavy atom. The van der Waals surface area contributed by atoms with Crippen molar-refractivity contribution in [3.63, 3.8) is 0 Å². The van der Waals surface area contributed by atoms with E-state index in [0.717, 1.165) is 5.57 Å². The van der Waals surface area contributed by atoms with Gasteiger partial charge in [0.25, 0.3) is 5.91 Å². The van der Waals surface area contributed by atoms with Gasteiger partial charge in [-0.2, -0.15) is 0 Å². The molecule has 1 heterocycles. The third kappa shape index (κ3) is 9.03. The number of methoxy groups -OCH3 is 1. The number of fused-ring (bicyclic) bond motifs is 1. The summed E-state index contributed by atoms with van der Waals surface area (Å²) in [4.78, 5) is 71.9. The van der Waals surface area contributed by atoms with Crippen LogP contribution in [-0.4, -0.2) is 97.4 Å². The molecular weight excluding hydrogens is 610 g/mol. The van der Waals surface area contributed by atoms with Gasteiger partial charge in [-0.25, -0.2) is 4.98 Å². The summed E-state index contributed by atoms with van der Waals surface area (Å²) in [5.74, 6) is -2.11. The minimum absolute atomic E-state index is 0.00373. The van der Waals surface area contributed by atoms with E-state index in [9.17, 15) is 24.0 Å². The molecule has 2 aliphatic carbocycles. The van der Waals surface area contributed by atoms with Crippen LogP contribution in [-0.2, 0) is 28.7 Å². The fourth-order valence-electron chi connectivity index (χ4n) is 6.00. The van der Waals surface area contributed by atoms with Crippen molar-refractivity contribution in [3.05, 3.63) is 39.9 Å². The van der Waals surface area contributed by atoms with Gasteiger partial charge in [-0.3, -0.25) is 24.0 Å². The predicted molar refractivity (Wildman–Crippen MR) is 175 cm³/mol. The van der Waals surface area contributed by atoms with E-state index >= 15 is 0 Å². The first-order valence-electron chi connectivity index (χ1n) is 15.8. The lowest BCUT2D eigenvalue weighted by Gasteiger charge is -2.43. The highest BCUT2D eigenvalue weighted by Crippen LogP contribution is 2.43. The van der Waals surface area contributed by atoms with Crippen molar-refractivity contribution in [2.24, 2.45) is 23.7 Å². The zero-order valence-electron chi connectivity index (χ0n) is 28.4. The SMILES string of the molecule is CC[C@H](C)[C@H](NC(=O)CN(C)C)C(=O)N(C)[C@H](C[C@@H](OC(C)=O)c1nc(C(=O)NC2CC3C2=CC=CC3C(=O)OC)cs1)C(C)C. The van der Waals surface area contributed by atoms with Gasteiger partial charge in [-0.15, -0.1) is 11.3 Å². The van der Waals surface area contributed by atoms with Crippen LogP contribution in [0.3, 0.4) is 0 Å². The lowest BCUT2D eigenvalue weighted by Crippen LogP contribution is -2.55. The zero-order valence-corrected chi connectivity index (χ0v) is 29.2. The summed E-state index contributed by atoms with van der Waals surface area (Å²) in [6.07, 6.45) is 6.32. The summed E-state index contributed by atoms with van der Waals surface area (Å²) in [7, 11) is 6.65. The Balaban J connectivity index is 1.75. The number of allylic oxidation sites excluding steroid dienone is 2. The maximum absolute atomic E-state index is 13.8. The molecule has 0 bridgehead atoms. The number of carbonyl (C=O) groups is 5. The Kier molecular flexibility index (Phi) is 13.1. The number of carbonyl (C=O) groups excluding carboxylic acids is 5. The van der Waals surface area contributed by atoms with Gasteiger partial charge in [0, 0.05) is 37.7 Å². The van der Waals surface area contributed by atoms with Crippen LogP contribution in [0.25, 0.3) is 0 Å². The molecule has 1 aromatic rings. The van der Waals surface area contributed by atoms with Gasteiger partial charge in [-0.1, -0.05) is 52.3 Å². The Morgan fingerprint density at radius 3 is 2.41 bits per heavy atom. The van der Waals surface area contributed by atoms with Crippen LogP contribution in [0.5, 0.6) is 0 Å². The van der Waals surface area contributed by atoms with Gasteiger partial charge in [0.1, 0.15) is 16.7 Å². The van der Waals surface area contributed by atoms with Crippen LogP contribution >= 0.6 is 11.3 Å². The van der Waals surface area contributed by atoms with Crippen molar-refractivity contribution < 1.29 is 33.4 Å². The third-order valence-electron chi connectivity index (χ3n) is 8.80. The van der Waals surface area contributed by atoms with Crippen molar-refractivity contribution in [1.82, 2.24) is 25.4 Å². The molecule has 0 saturated heterocycles. The number of hydrogen-bond acceptors (Lipinski definition) is 10. The number of aromatic nitrogens is 1. The maximum Gasteiger partial charge on any atom is 0.313 e. The summed E-state index contributed by atoms with van der Waals surface area (Å²) < 4.78 is 10.6. The molecule has 254 valence electrons. The summed E-state index contributed by atoms with van der Waals surface area (Å²) in [5, 5.41) is 7.99. The van der Waals surface area contributed by atoms with E-state index in [1.807, 2.05) is 45.9 Å². The van der Waals surface area contributed by atoms with Crippen LogP contribution < -0.4 is 10.6 Å². The molecule has 7 atom stereocenters. The lowest BCUT2D eigenvalue weighted by atomic mass is 9.65. The Labute approximate surface area is 276 Å². The molecule has 3 unspecified atom stereocenters. The molecule has 2 aliphatic rings. The highest BCUT2D eigenvalue weighted by Gasteiger charge is 2.44. The number of hydrogen-bond donors (Lipinski definition) is 2. The molecule has 0 radical (unpaired) electrons. The molecule has 46 heavy (non-hydrogen) atoms. The number of likely N-dealkylation sites (N-methyl/N-ethyl adjacent to an activating group) is 2. The first-order chi connectivity index (χ1) is 21.7. The molecule has 12 nitrogen and oxygen atoms in total. The van der Waals surface area contributed by atoms with Crippen molar-refractivity contribution in [3.8, 4) is 0 Å².